The van der Waals surface area contributed by atoms with Crippen LogP contribution in [0.15, 0.2) is 45.0 Å². The predicted octanol–water partition coefficient (Wildman–Crippen LogP) is 3.70. The molecule has 0 fully saturated rings. The molecule has 0 aliphatic rings. The van der Waals surface area contributed by atoms with Crippen LogP contribution in [-0.4, -0.2) is 27.0 Å². The second-order valence-electron chi connectivity index (χ2n) is 5.90. The number of amides is 1. The summed E-state index contributed by atoms with van der Waals surface area (Å²) in [4.78, 5) is 27.9. The van der Waals surface area contributed by atoms with E-state index in [2.05, 4.69) is 15.9 Å². The zero-order chi connectivity index (χ0) is 18.0. The highest BCUT2D eigenvalue weighted by molar-refractivity contribution is 9.10. The summed E-state index contributed by atoms with van der Waals surface area (Å²) in [6.07, 6.45) is 0.306. The predicted molar refractivity (Wildman–Crippen MR) is 105 cm³/mol. The minimum Gasteiger partial charge on any atom is -0.341 e. The molecule has 0 aliphatic heterocycles. The van der Waals surface area contributed by atoms with E-state index >= 15 is 0 Å². The Bertz CT molecular complexity index is 957. The van der Waals surface area contributed by atoms with Gasteiger partial charge in [0, 0.05) is 41.3 Å². The number of benzene rings is 1. The molecular weight excluding hydrogens is 402 g/mol. The number of imidazole rings is 1. The van der Waals surface area contributed by atoms with Crippen molar-refractivity contribution in [1.82, 2.24) is 14.0 Å². The molecule has 132 valence electrons. The number of hydrogen-bond acceptors (Lipinski definition) is 3. The molecule has 0 radical (unpaired) electrons. The highest BCUT2D eigenvalue weighted by Gasteiger charge is 2.15. The zero-order valence-electron chi connectivity index (χ0n) is 14.2. The zero-order valence-corrected chi connectivity index (χ0v) is 16.6. The number of para-hydroxylation sites is 2. The van der Waals surface area contributed by atoms with Crippen molar-refractivity contribution in [2.24, 2.45) is 0 Å². The average molecular weight is 422 g/mol. The fraction of sp³-hybridized carbons (Fsp3) is 0.333. The van der Waals surface area contributed by atoms with Crippen molar-refractivity contribution in [3.63, 3.8) is 0 Å². The number of nitrogens with zero attached hydrogens (tertiary/aromatic N) is 3. The highest BCUT2D eigenvalue weighted by atomic mass is 79.9. The van der Waals surface area contributed by atoms with Crippen LogP contribution in [0.1, 0.15) is 18.2 Å². The number of carbonyl (C=O) groups is 1. The number of thiophene rings is 1. The van der Waals surface area contributed by atoms with Crippen LogP contribution >= 0.6 is 27.3 Å². The Hall–Kier alpha value is -1.86. The maximum atomic E-state index is 12.6. The topological polar surface area (TPSA) is 47.2 Å². The number of fused-ring (bicyclic) bond motifs is 1. The van der Waals surface area contributed by atoms with E-state index in [0.29, 0.717) is 26.1 Å². The third-order valence-corrected chi connectivity index (χ3v) is 5.91. The molecule has 0 bridgehead atoms. The number of hydrogen-bond donors (Lipinski definition) is 0. The Morgan fingerprint density at radius 1 is 1.24 bits per heavy atom. The van der Waals surface area contributed by atoms with Crippen molar-refractivity contribution in [2.75, 3.05) is 7.05 Å². The lowest BCUT2D eigenvalue weighted by molar-refractivity contribution is -0.130. The van der Waals surface area contributed by atoms with Gasteiger partial charge in [0.2, 0.25) is 5.91 Å². The highest BCUT2D eigenvalue weighted by Crippen LogP contribution is 2.21. The standard InChI is InChI=1S/C18H20BrN3O2S/c1-3-21-15-6-4-5-7-16(15)22(18(21)24)9-8-17(23)20(2)11-14-10-13(19)12-25-14/h4-7,10,12H,3,8-9,11H2,1-2H3. The van der Waals surface area contributed by atoms with E-state index in [4.69, 9.17) is 0 Å². The van der Waals surface area contributed by atoms with Gasteiger partial charge in [0.15, 0.2) is 0 Å². The van der Waals surface area contributed by atoms with Crippen molar-refractivity contribution in [1.29, 1.82) is 0 Å². The van der Waals surface area contributed by atoms with Gasteiger partial charge in [-0.2, -0.15) is 0 Å². The monoisotopic (exact) mass is 421 g/mol. The molecule has 0 N–H and O–H groups in total. The van der Waals surface area contributed by atoms with Crippen molar-refractivity contribution < 1.29 is 4.79 Å². The van der Waals surface area contributed by atoms with E-state index in [9.17, 15) is 9.59 Å². The van der Waals surface area contributed by atoms with E-state index in [1.54, 1.807) is 32.4 Å². The van der Waals surface area contributed by atoms with Crippen LogP contribution in [0.3, 0.4) is 0 Å². The lowest BCUT2D eigenvalue weighted by Crippen LogP contribution is -2.29. The molecule has 2 heterocycles. The molecule has 5 nitrogen and oxygen atoms in total. The molecule has 2 aromatic heterocycles. The Morgan fingerprint density at radius 2 is 1.92 bits per heavy atom. The number of carbonyl (C=O) groups excluding carboxylic acids is 1. The minimum absolute atomic E-state index is 0.0322. The van der Waals surface area contributed by atoms with Crippen molar-refractivity contribution in [2.45, 2.75) is 33.0 Å². The van der Waals surface area contributed by atoms with Gasteiger partial charge in [-0.25, -0.2) is 4.79 Å². The number of rotatable bonds is 6. The van der Waals surface area contributed by atoms with Gasteiger partial charge in [0.25, 0.3) is 0 Å². The van der Waals surface area contributed by atoms with Gasteiger partial charge in [-0.1, -0.05) is 12.1 Å². The van der Waals surface area contributed by atoms with Crippen LogP contribution in [0.5, 0.6) is 0 Å². The number of aromatic nitrogens is 2. The third-order valence-electron chi connectivity index (χ3n) is 4.23. The summed E-state index contributed by atoms with van der Waals surface area (Å²) in [7, 11) is 1.80. The van der Waals surface area contributed by atoms with Crippen LogP contribution in [0.4, 0.5) is 0 Å². The fourth-order valence-corrected chi connectivity index (χ4v) is 4.45. The smallest absolute Gasteiger partial charge is 0.329 e. The third kappa shape index (κ3) is 3.72. The maximum Gasteiger partial charge on any atom is 0.329 e. The van der Waals surface area contributed by atoms with Crippen LogP contribution in [0.25, 0.3) is 11.0 Å². The molecule has 0 saturated carbocycles. The Balaban J connectivity index is 1.73. The van der Waals surface area contributed by atoms with Gasteiger partial charge in [0.1, 0.15) is 0 Å². The Kier molecular flexibility index (Phi) is 5.44. The fourth-order valence-electron chi connectivity index (χ4n) is 2.95. The van der Waals surface area contributed by atoms with Crippen molar-refractivity contribution in [3.8, 4) is 0 Å². The molecule has 1 amide bonds. The molecule has 0 saturated heterocycles. The number of halogens is 1. The maximum absolute atomic E-state index is 12.6. The van der Waals surface area contributed by atoms with Gasteiger partial charge in [-0.3, -0.25) is 13.9 Å². The molecule has 0 spiro atoms. The Morgan fingerprint density at radius 3 is 2.52 bits per heavy atom. The molecule has 1 aromatic carbocycles. The molecular formula is C18H20BrN3O2S. The first-order valence-electron chi connectivity index (χ1n) is 8.16. The SMILES string of the molecule is CCn1c(=O)n(CCC(=O)N(C)Cc2cc(Br)cs2)c2ccccc21. The van der Waals surface area contributed by atoms with E-state index in [0.717, 1.165) is 20.4 Å². The summed E-state index contributed by atoms with van der Waals surface area (Å²) in [5.41, 5.74) is 1.74. The lowest BCUT2D eigenvalue weighted by Gasteiger charge is -2.16. The first kappa shape index (κ1) is 17.9. The lowest BCUT2D eigenvalue weighted by atomic mass is 10.3. The second kappa shape index (κ2) is 7.58. The molecule has 25 heavy (non-hydrogen) atoms. The average Bonchev–Trinajstić information content (AvgIpc) is 3.12. The van der Waals surface area contributed by atoms with Gasteiger partial charge < -0.3 is 4.90 Å². The first-order chi connectivity index (χ1) is 12.0. The van der Waals surface area contributed by atoms with Crippen LogP contribution in [0, 0.1) is 0 Å². The molecule has 0 atom stereocenters. The quantitative estimate of drug-likeness (QED) is 0.608. The Labute approximate surface area is 158 Å². The molecule has 3 aromatic rings. The normalized spacial score (nSPS) is 11.2. The summed E-state index contributed by atoms with van der Waals surface area (Å²) >= 11 is 5.05. The van der Waals surface area contributed by atoms with E-state index in [1.165, 1.54) is 0 Å². The van der Waals surface area contributed by atoms with Gasteiger partial charge >= 0.3 is 5.69 Å². The first-order valence-corrected chi connectivity index (χ1v) is 9.83. The van der Waals surface area contributed by atoms with Gasteiger partial charge in [-0.05, 0) is 41.1 Å². The summed E-state index contributed by atoms with van der Waals surface area (Å²) in [5.74, 6) is 0.0322. The molecule has 7 heteroatoms. The van der Waals surface area contributed by atoms with Crippen molar-refractivity contribution in [3.05, 3.63) is 55.5 Å². The van der Waals surface area contributed by atoms with E-state index in [-0.39, 0.29) is 11.6 Å². The summed E-state index contributed by atoms with van der Waals surface area (Å²) in [6, 6.07) is 9.74. The molecule has 0 aliphatic carbocycles. The van der Waals surface area contributed by atoms with E-state index in [1.807, 2.05) is 42.6 Å². The summed E-state index contributed by atoms with van der Waals surface area (Å²) < 4.78 is 4.48. The second-order valence-corrected chi connectivity index (χ2v) is 7.81. The number of aryl methyl sites for hydroxylation is 2. The van der Waals surface area contributed by atoms with Gasteiger partial charge in [0.05, 0.1) is 17.6 Å². The minimum atomic E-state index is -0.0543. The summed E-state index contributed by atoms with van der Waals surface area (Å²) in [6.45, 7) is 3.55. The largest absolute Gasteiger partial charge is 0.341 e. The van der Waals surface area contributed by atoms with Gasteiger partial charge in [-0.15, -0.1) is 11.3 Å². The van der Waals surface area contributed by atoms with Crippen molar-refractivity contribution >= 4 is 44.2 Å². The van der Waals surface area contributed by atoms with Crippen LogP contribution < -0.4 is 5.69 Å². The molecule has 3 rings (SSSR count). The molecule has 0 unspecified atom stereocenters. The van der Waals surface area contributed by atoms with Crippen LogP contribution in [-0.2, 0) is 24.4 Å². The van der Waals surface area contributed by atoms with Crippen LogP contribution in [0.2, 0.25) is 0 Å². The summed E-state index contributed by atoms with van der Waals surface area (Å²) in [5, 5.41) is 2.01. The van der Waals surface area contributed by atoms with E-state index < -0.39 is 0 Å².